The summed E-state index contributed by atoms with van der Waals surface area (Å²) in [5.74, 6) is 0.0631. The van der Waals surface area contributed by atoms with Crippen molar-refractivity contribution in [1.82, 2.24) is 15.0 Å². The number of esters is 4. The summed E-state index contributed by atoms with van der Waals surface area (Å²) in [4.78, 5) is 51.5. The summed E-state index contributed by atoms with van der Waals surface area (Å²) >= 11 is 0. The van der Waals surface area contributed by atoms with Gasteiger partial charge < -0.3 is 28.4 Å². The summed E-state index contributed by atoms with van der Waals surface area (Å²) in [5, 5.41) is 8.26. The fourth-order valence-electron chi connectivity index (χ4n) is 8.84. The van der Waals surface area contributed by atoms with E-state index in [-0.39, 0.29) is 29.2 Å². The Hall–Kier alpha value is -7.28. The molecule has 13 nitrogen and oxygen atoms in total. The molecule has 0 spiro atoms. The van der Waals surface area contributed by atoms with Crippen LogP contribution in [0.15, 0.2) is 128 Å². The number of ether oxygens (including phenoxy) is 6. The van der Waals surface area contributed by atoms with E-state index in [1.807, 2.05) is 0 Å². The van der Waals surface area contributed by atoms with Gasteiger partial charge in [0.15, 0.2) is 0 Å². The molecular weight excluding hydrogens is 983 g/mol. The lowest BCUT2D eigenvalue weighted by molar-refractivity contribution is 0.0467. The van der Waals surface area contributed by atoms with Crippen LogP contribution in [0.3, 0.4) is 0 Å². The average molecular weight is 1060 g/mol. The maximum absolute atomic E-state index is 13.0. The molecule has 1 aromatic heterocycles. The van der Waals surface area contributed by atoms with Crippen molar-refractivity contribution < 1.29 is 47.6 Å². The summed E-state index contributed by atoms with van der Waals surface area (Å²) in [5.41, 5.74) is 2.34. The first-order valence-electron chi connectivity index (χ1n) is 28.8. The van der Waals surface area contributed by atoms with Crippen LogP contribution in [0.1, 0.15) is 215 Å². The van der Waals surface area contributed by atoms with E-state index < -0.39 is 23.9 Å². The second-order valence-corrected chi connectivity index (χ2v) is 20.0. The summed E-state index contributed by atoms with van der Waals surface area (Å²) in [6, 6.07) is 32.7. The number of rotatable bonds is 38. The molecule has 1 heterocycles. The summed E-state index contributed by atoms with van der Waals surface area (Å²) in [7, 11) is 0. The van der Waals surface area contributed by atoms with Crippen LogP contribution in [0, 0.1) is 0 Å². The van der Waals surface area contributed by atoms with Crippen molar-refractivity contribution in [2.45, 2.75) is 175 Å². The number of unbranched alkanes of at least 4 members (excludes halogenated alkanes) is 22. The van der Waals surface area contributed by atoms with Gasteiger partial charge in [0.05, 0.1) is 47.4 Å². The average Bonchev–Trinajstić information content (AvgIpc) is 3.95. The largest absolute Gasteiger partial charge is 0.494 e. The molecule has 13 heteroatoms. The van der Waals surface area contributed by atoms with Gasteiger partial charge in [0.25, 0.3) is 0 Å². The number of carbonyl (C=O) groups is 4. The van der Waals surface area contributed by atoms with Gasteiger partial charge in [0, 0.05) is 0 Å². The van der Waals surface area contributed by atoms with Gasteiger partial charge in [-0.25, -0.2) is 23.9 Å². The lowest BCUT2D eigenvalue weighted by Gasteiger charge is -2.09. The molecule has 0 saturated heterocycles. The van der Waals surface area contributed by atoms with Gasteiger partial charge in [-0.2, -0.15) is 0 Å². The molecule has 0 fully saturated rings. The third kappa shape index (κ3) is 22.4. The SMILES string of the molecule is CCCCCCCCCCCCCCOc1ccc(C(=O)Oc2ccc(C(=O)OCc3cn(-c4ccc(OC(=O)c5ccc(OC(=O)c6ccc(OCCCCCCCCCCCCCC)cc6)cc5)cc4)nn3)cc2)cc1. The van der Waals surface area contributed by atoms with Crippen LogP contribution in [-0.4, -0.2) is 52.1 Å². The van der Waals surface area contributed by atoms with E-state index in [0.29, 0.717) is 53.0 Å². The van der Waals surface area contributed by atoms with E-state index in [9.17, 15) is 19.2 Å². The van der Waals surface area contributed by atoms with Crippen LogP contribution in [0.4, 0.5) is 0 Å². The lowest BCUT2D eigenvalue weighted by atomic mass is 10.1. The van der Waals surface area contributed by atoms with Crippen molar-refractivity contribution in [3.8, 4) is 34.4 Å². The first-order valence-corrected chi connectivity index (χ1v) is 28.8. The van der Waals surface area contributed by atoms with Crippen LogP contribution in [-0.2, 0) is 11.3 Å². The molecule has 416 valence electrons. The number of hydrogen-bond acceptors (Lipinski definition) is 12. The highest BCUT2D eigenvalue weighted by molar-refractivity contribution is 5.93. The molecule has 5 aromatic carbocycles. The quantitative estimate of drug-likeness (QED) is 0.0206. The summed E-state index contributed by atoms with van der Waals surface area (Å²) < 4.78 is 35.4. The third-order valence-electron chi connectivity index (χ3n) is 13.5. The van der Waals surface area contributed by atoms with E-state index in [2.05, 4.69) is 24.2 Å². The minimum absolute atomic E-state index is 0.134. The minimum Gasteiger partial charge on any atom is -0.494 e. The molecule has 78 heavy (non-hydrogen) atoms. The van der Waals surface area contributed by atoms with Crippen molar-refractivity contribution in [2.24, 2.45) is 0 Å². The van der Waals surface area contributed by atoms with Crippen LogP contribution < -0.4 is 23.7 Å². The molecule has 6 aromatic rings. The van der Waals surface area contributed by atoms with Crippen molar-refractivity contribution in [2.75, 3.05) is 13.2 Å². The highest BCUT2D eigenvalue weighted by Crippen LogP contribution is 2.23. The Morgan fingerprint density at radius 1 is 0.359 bits per heavy atom. The van der Waals surface area contributed by atoms with Crippen LogP contribution >= 0.6 is 0 Å². The number of hydrogen-bond donors (Lipinski definition) is 0. The standard InChI is InChI=1S/C65H81N3O10/c1-3-5-7-9-11-13-15-17-19-21-23-25-47-73-57-37-27-52(28-38-57)63(70)76-59-41-31-51(32-42-59)62(69)75-50-55-49-68(67-66-55)56-35-45-61(46-36-56)78-65(72)54-33-43-60(44-34-54)77-64(71)53-29-39-58(40-30-53)74-48-26-24-22-20-18-16-14-12-10-8-6-4-2/h27-46,49H,3-26,47-48,50H2,1-2H3. The predicted molar refractivity (Wildman–Crippen MR) is 304 cm³/mol. The van der Waals surface area contributed by atoms with Gasteiger partial charge in [-0.1, -0.05) is 160 Å². The summed E-state index contributed by atoms with van der Waals surface area (Å²) in [6.07, 6.45) is 32.6. The fourth-order valence-corrected chi connectivity index (χ4v) is 8.84. The molecule has 0 amide bonds. The van der Waals surface area contributed by atoms with E-state index >= 15 is 0 Å². The first-order chi connectivity index (χ1) is 38.3. The Bertz CT molecular complexity index is 2650. The van der Waals surface area contributed by atoms with Gasteiger partial charge in [-0.3, -0.25) is 0 Å². The van der Waals surface area contributed by atoms with E-state index in [1.165, 1.54) is 182 Å². The van der Waals surface area contributed by atoms with Gasteiger partial charge in [-0.05, 0) is 134 Å². The zero-order valence-corrected chi connectivity index (χ0v) is 46.1. The van der Waals surface area contributed by atoms with Gasteiger partial charge in [0.1, 0.15) is 41.0 Å². The van der Waals surface area contributed by atoms with Crippen LogP contribution in [0.2, 0.25) is 0 Å². The van der Waals surface area contributed by atoms with E-state index in [4.69, 9.17) is 28.4 Å². The maximum atomic E-state index is 13.0. The highest BCUT2D eigenvalue weighted by Gasteiger charge is 2.15. The molecule has 0 unspecified atom stereocenters. The molecular formula is C65H81N3O10. The van der Waals surface area contributed by atoms with E-state index in [0.717, 1.165) is 25.7 Å². The minimum atomic E-state index is -0.591. The molecule has 0 atom stereocenters. The molecule has 6 rings (SSSR count). The Labute approximate surface area is 462 Å². The zero-order valence-electron chi connectivity index (χ0n) is 46.1. The molecule has 0 aliphatic rings. The second kappa shape index (κ2) is 35.2. The van der Waals surface area contributed by atoms with Gasteiger partial charge in [-0.15, -0.1) is 5.10 Å². The Morgan fingerprint density at radius 3 is 1.00 bits per heavy atom. The fraction of sp³-hybridized carbons (Fsp3) is 0.446. The van der Waals surface area contributed by atoms with E-state index in [1.54, 1.807) is 79.0 Å². The van der Waals surface area contributed by atoms with Crippen molar-refractivity contribution in [3.05, 3.63) is 155 Å². The van der Waals surface area contributed by atoms with Crippen molar-refractivity contribution in [1.29, 1.82) is 0 Å². The molecule has 0 aliphatic carbocycles. The smallest absolute Gasteiger partial charge is 0.343 e. The monoisotopic (exact) mass is 1060 g/mol. The summed E-state index contributed by atoms with van der Waals surface area (Å²) in [6.45, 7) is 5.66. The molecule has 0 radical (unpaired) electrons. The third-order valence-corrected chi connectivity index (χ3v) is 13.5. The van der Waals surface area contributed by atoms with Gasteiger partial charge >= 0.3 is 23.9 Å². The number of aromatic nitrogens is 3. The van der Waals surface area contributed by atoms with Crippen LogP contribution in [0.25, 0.3) is 5.69 Å². The molecule has 0 saturated carbocycles. The second-order valence-electron chi connectivity index (χ2n) is 20.0. The molecule has 0 bridgehead atoms. The lowest BCUT2D eigenvalue weighted by Crippen LogP contribution is -2.10. The number of nitrogens with zero attached hydrogens (tertiary/aromatic N) is 3. The normalized spacial score (nSPS) is 11.0. The first kappa shape index (κ1) is 60.0. The van der Waals surface area contributed by atoms with Crippen molar-refractivity contribution >= 4 is 23.9 Å². The van der Waals surface area contributed by atoms with Crippen molar-refractivity contribution in [3.63, 3.8) is 0 Å². The zero-order chi connectivity index (χ0) is 54.8. The Morgan fingerprint density at radius 2 is 0.654 bits per heavy atom. The highest BCUT2D eigenvalue weighted by atomic mass is 16.5. The Balaban J connectivity index is 0.824. The number of benzene rings is 5. The Kier molecular flexibility index (Phi) is 27.1. The molecule has 0 aliphatic heterocycles. The predicted octanol–water partition coefficient (Wildman–Crippen LogP) is 16.4. The van der Waals surface area contributed by atoms with Gasteiger partial charge in [0.2, 0.25) is 0 Å². The topological polar surface area (TPSA) is 154 Å². The molecule has 0 N–H and O–H groups in total. The van der Waals surface area contributed by atoms with Crippen LogP contribution in [0.5, 0.6) is 28.7 Å². The number of carbonyl (C=O) groups excluding carboxylic acids is 4. The maximum Gasteiger partial charge on any atom is 0.343 e.